The fraction of sp³-hybridized carbons (Fsp3) is 0.208. The fourth-order valence-electron chi connectivity index (χ4n) is 3.63. The van der Waals surface area contributed by atoms with E-state index in [1.54, 1.807) is 0 Å². The number of fused-ring (bicyclic) bond motifs is 2. The molecule has 0 radical (unpaired) electrons. The lowest BCUT2D eigenvalue weighted by molar-refractivity contribution is -0.140. The quantitative estimate of drug-likeness (QED) is 0.278. The minimum atomic E-state index is -1.29. The number of nitrogens with one attached hydrogen (secondary N) is 1. The third-order valence-corrected chi connectivity index (χ3v) is 6.99. The maximum atomic E-state index is 11.3. The monoisotopic (exact) mass is 569 g/mol. The number of aliphatic carboxylic acids is 1. The van der Waals surface area contributed by atoms with Crippen LogP contribution in [0.2, 0.25) is 0 Å². The van der Waals surface area contributed by atoms with Gasteiger partial charge >= 0.3 is 5.97 Å². The number of nitrogens with zero attached hydrogens (tertiary/aromatic N) is 4. The number of carboxylic acid groups (broad SMARTS) is 1. The van der Waals surface area contributed by atoms with Crippen molar-refractivity contribution in [2.45, 2.75) is 19.1 Å². The molecule has 0 saturated heterocycles. The summed E-state index contributed by atoms with van der Waals surface area (Å²) in [5.41, 5.74) is 3.55. The Morgan fingerprint density at radius 3 is 2.83 bits per heavy atom. The molecule has 10 nitrogen and oxygen atoms in total. The lowest BCUT2D eigenvalue weighted by Gasteiger charge is -2.19. The van der Waals surface area contributed by atoms with Gasteiger partial charge in [0, 0.05) is 10.7 Å². The highest BCUT2D eigenvalue weighted by atomic mass is 79.9. The lowest BCUT2D eigenvalue weighted by Crippen LogP contribution is -2.30. The van der Waals surface area contributed by atoms with Crippen LogP contribution in [0.15, 0.2) is 52.1 Å². The van der Waals surface area contributed by atoms with Crippen LogP contribution in [-0.2, 0) is 4.79 Å². The molecule has 12 heteroatoms. The molecule has 2 aromatic heterocycles. The third-order valence-electron chi connectivity index (χ3n) is 5.39. The molecule has 0 amide bonds. The normalized spacial score (nSPS) is 14.6. The molecule has 2 aromatic carbocycles. The van der Waals surface area contributed by atoms with Gasteiger partial charge in [0.15, 0.2) is 28.2 Å². The topological polar surface area (TPSA) is 139 Å². The van der Waals surface area contributed by atoms with Crippen LogP contribution in [0.1, 0.15) is 12.6 Å². The van der Waals surface area contributed by atoms with E-state index in [0.29, 0.717) is 40.8 Å². The first kappa shape index (κ1) is 24.1. The summed E-state index contributed by atoms with van der Waals surface area (Å²) in [6.45, 7) is 2.42. The average Bonchev–Trinajstić information content (AvgIpc) is 3.26. The molecule has 0 spiro atoms. The van der Waals surface area contributed by atoms with Crippen LogP contribution < -0.4 is 14.8 Å². The van der Waals surface area contributed by atoms with Gasteiger partial charge in [-0.1, -0.05) is 18.2 Å². The van der Waals surface area contributed by atoms with Crippen LogP contribution in [0.4, 0.5) is 11.5 Å². The molecule has 3 N–H and O–H groups in total. The molecule has 0 fully saturated rings. The van der Waals surface area contributed by atoms with Crippen molar-refractivity contribution in [1.82, 2.24) is 14.3 Å². The Bertz CT molecular complexity index is 1470. The molecule has 0 aliphatic carbocycles. The molecule has 4 aromatic rings. The van der Waals surface area contributed by atoms with Gasteiger partial charge in [-0.2, -0.15) is 4.37 Å². The first-order valence-electron chi connectivity index (χ1n) is 10.9. The minimum absolute atomic E-state index is 0.349. The van der Waals surface area contributed by atoms with E-state index in [4.69, 9.17) is 9.47 Å². The Morgan fingerprint density at radius 1 is 1.25 bits per heavy atom. The number of aliphatic imine (C=N–C) groups is 1. The summed E-state index contributed by atoms with van der Waals surface area (Å²) in [5.74, 6) is 0.714. The smallest absolute Gasteiger partial charge is 0.331 e. The Morgan fingerprint density at radius 2 is 2.06 bits per heavy atom. The number of carboxylic acids is 1. The second kappa shape index (κ2) is 10.2. The van der Waals surface area contributed by atoms with Gasteiger partial charge in [0.25, 0.3) is 0 Å². The summed E-state index contributed by atoms with van der Waals surface area (Å²) in [6, 6.07) is 10.4. The molecular weight excluding hydrogens is 550 g/mol. The van der Waals surface area contributed by atoms with Crippen LogP contribution in [0.3, 0.4) is 0 Å². The van der Waals surface area contributed by atoms with Gasteiger partial charge in [0.1, 0.15) is 24.4 Å². The summed E-state index contributed by atoms with van der Waals surface area (Å²) in [5, 5.41) is 22.2. The van der Waals surface area contributed by atoms with Crippen LogP contribution >= 0.6 is 27.5 Å². The lowest BCUT2D eigenvalue weighted by atomic mass is 10.0. The molecule has 2 atom stereocenters. The van der Waals surface area contributed by atoms with Crippen molar-refractivity contribution in [3.05, 3.63) is 52.8 Å². The second-order valence-electron chi connectivity index (χ2n) is 7.93. The van der Waals surface area contributed by atoms with E-state index < -0.39 is 18.1 Å². The average molecular weight is 570 g/mol. The summed E-state index contributed by atoms with van der Waals surface area (Å²) in [4.78, 5) is 24.7. The number of aliphatic hydroxyl groups excluding tert-OH is 1. The fourth-order valence-corrected chi connectivity index (χ4v) is 4.86. The zero-order valence-corrected chi connectivity index (χ0v) is 21.3. The summed E-state index contributed by atoms with van der Waals surface area (Å²) < 4.78 is 16.6. The maximum absolute atomic E-state index is 11.3. The first-order valence-corrected chi connectivity index (χ1v) is 12.5. The number of aromatic nitrogens is 3. The van der Waals surface area contributed by atoms with E-state index in [2.05, 4.69) is 40.6 Å². The number of ether oxygens (including phenoxy) is 2. The molecule has 184 valence electrons. The number of hydrogen-bond acceptors (Lipinski definition) is 10. The molecule has 36 heavy (non-hydrogen) atoms. The maximum Gasteiger partial charge on any atom is 0.331 e. The predicted octanol–water partition coefficient (Wildman–Crippen LogP) is 4.28. The molecule has 1 aliphatic rings. The number of anilines is 2. The van der Waals surface area contributed by atoms with E-state index in [0.717, 1.165) is 27.0 Å². The molecule has 3 heterocycles. The van der Waals surface area contributed by atoms with Gasteiger partial charge in [-0.25, -0.2) is 14.8 Å². The van der Waals surface area contributed by atoms with E-state index in [1.807, 2.05) is 36.4 Å². The van der Waals surface area contributed by atoms with Gasteiger partial charge in [-0.3, -0.25) is 4.99 Å². The van der Waals surface area contributed by atoms with Crippen LogP contribution in [0.5, 0.6) is 11.5 Å². The Balaban J connectivity index is 1.44. The van der Waals surface area contributed by atoms with Crippen molar-refractivity contribution >= 4 is 61.5 Å². The second-order valence-corrected chi connectivity index (χ2v) is 9.48. The Kier molecular flexibility index (Phi) is 6.81. The van der Waals surface area contributed by atoms with Crippen molar-refractivity contribution < 1.29 is 24.5 Å². The highest BCUT2D eigenvalue weighted by molar-refractivity contribution is 9.10. The highest BCUT2D eigenvalue weighted by Gasteiger charge is 2.21. The highest BCUT2D eigenvalue weighted by Crippen LogP contribution is 2.40. The zero-order chi connectivity index (χ0) is 25.2. The molecule has 0 saturated carbocycles. The van der Waals surface area contributed by atoms with Gasteiger partial charge in [0.2, 0.25) is 0 Å². The van der Waals surface area contributed by atoms with Crippen molar-refractivity contribution in [3.8, 4) is 22.6 Å². The molecular formula is C24H20BrN5O5S. The van der Waals surface area contributed by atoms with Crippen molar-refractivity contribution in [1.29, 1.82) is 0 Å². The number of halogens is 1. The Hall–Kier alpha value is -3.61. The minimum Gasteiger partial charge on any atom is -0.486 e. The molecule has 0 bridgehead atoms. The number of hydrogen-bond donors (Lipinski definition) is 3. The predicted molar refractivity (Wildman–Crippen MR) is 140 cm³/mol. The Labute approximate surface area is 218 Å². The number of benzene rings is 2. The van der Waals surface area contributed by atoms with Gasteiger partial charge in [-0.05, 0) is 63.7 Å². The molecule has 5 rings (SSSR count). The van der Waals surface area contributed by atoms with E-state index in [-0.39, 0.29) is 0 Å². The van der Waals surface area contributed by atoms with E-state index in [1.165, 1.54) is 30.9 Å². The van der Waals surface area contributed by atoms with Crippen LogP contribution in [0, 0.1) is 0 Å². The summed E-state index contributed by atoms with van der Waals surface area (Å²) in [6.07, 6.45) is 1.62. The largest absolute Gasteiger partial charge is 0.486 e. The zero-order valence-electron chi connectivity index (χ0n) is 18.9. The SMILES string of the molecule is CC(O)C(N=Cc1cnc2snc(Nc3cccc(-c4ccc5c(c4)OCCO5)c3Br)c2n1)C(=O)O. The molecule has 1 aliphatic heterocycles. The standard InChI is InChI=1S/C24H20BrN5O5S/c1-12(31)20(24(32)33)26-10-14-11-27-23-21(28-14)22(30-36-23)29-16-4-2-3-15(19(16)25)13-5-6-17-18(9-13)35-8-7-34-17/h2-6,9-12,20,31H,7-8H2,1H3,(H,29,30)(H,32,33). The van der Waals surface area contributed by atoms with E-state index >= 15 is 0 Å². The van der Waals surface area contributed by atoms with Crippen LogP contribution in [-0.4, -0.2) is 62.1 Å². The van der Waals surface area contributed by atoms with Gasteiger partial charge in [0.05, 0.1) is 18.0 Å². The van der Waals surface area contributed by atoms with Crippen molar-refractivity contribution in [2.75, 3.05) is 18.5 Å². The van der Waals surface area contributed by atoms with Gasteiger partial charge in [-0.15, -0.1) is 0 Å². The van der Waals surface area contributed by atoms with E-state index in [9.17, 15) is 15.0 Å². The third kappa shape index (κ3) is 4.87. The van der Waals surface area contributed by atoms with Crippen molar-refractivity contribution in [2.24, 2.45) is 4.99 Å². The number of carbonyl (C=O) groups is 1. The number of rotatable bonds is 7. The first-order chi connectivity index (χ1) is 17.4. The van der Waals surface area contributed by atoms with Gasteiger partial charge < -0.3 is 25.0 Å². The summed E-state index contributed by atoms with van der Waals surface area (Å²) >= 11 is 4.90. The van der Waals surface area contributed by atoms with Crippen LogP contribution in [0.25, 0.3) is 21.5 Å². The van der Waals surface area contributed by atoms with Crippen molar-refractivity contribution in [3.63, 3.8) is 0 Å². The number of aliphatic hydroxyl groups is 1. The molecule has 2 unspecified atom stereocenters. The summed E-state index contributed by atoms with van der Waals surface area (Å²) in [7, 11) is 0.